The van der Waals surface area contributed by atoms with Crippen LogP contribution in [-0.2, 0) is 16.8 Å². The largest absolute Gasteiger partial charge is 0.365 e. The van der Waals surface area contributed by atoms with Gasteiger partial charge in [0.25, 0.3) is 0 Å². The number of anilines is 2. The third kappa shape index (κ3) is 3.49. The molecule has 1 amide bonds. The Morgan fingerprint density at radius 3 is 2.74 bits per heavy atom. The van der Waals surface area contributed by atoms with Gasteiger partial charge in [-0.3, -0.25) is 4.79 Å². The summed E-state index contributed by atoms with van der Waals surface area (Å²) < 4.78 is 1.79. The van der Waals surface area contributed by atoms with E-state index in [1.165, 1.54) is 0 Å². The predicted octanol–water partition coefficient (Wildman–Crippen LogP) is 3.16. The lowest BCUT2D eigenvalue weighted by Crippen LogP contribution is -2.23. The molecule has 0 saturated carbocycles. The first-order valence-electron chi connectivity index (χ1n) is 9.28. The number of fused-ring (bicyclic) bond motifs is 1. The molecule has 1 aliphatic heterocycles. The fourth-order valence-corrected chi connectivity index (χ4v) is 3.30. The van der Waals surface area contributed by atoms with Gasteiger partial charge in [-0.2, -0.15) is 4.52 Å². The third-order valence-corrected chi connectivity index (χ3v) is 4.70. The first-order valence-corrected chi connectivity index (χ1v) is 9.28. The second kappa shape index (κ2) is 6.64. The summed E-state index contributed by atoms with van der Waals surface area (Å²) in [4.78, 5) is 13.8. The molecule has 140 valence electrons. The standard InChI is InChI=1S/C20H24N6O/c1-20(2,3)19-23-22-17-10-9-16(24-26(17)19)21-13-14-6-4-7-15(12-14)25-11-5-8-18(25)27/h4,6-7,9-10,12H,5,8,11,13H2,1-3H3,(H,21,24). The summed E-state index contributed by atoms with van der Waals surface area (Å²) in [7, 11) is 0. The molecule has 4 rings (SSSR count). The Balaban J connectivity index is 1.53. The first-order chi connectivity index (χ1) is 12.9. The van der Waals surface area contributed by atoms with E-state index in [-0.39, 0.29) is 11.3 Å². The average Bonchev–Trinajstić information content (AvgIpc) is 3.25. The number of nitrogens with zero attached hydrogens (tertiary/aromatic N) is 5. The molecule has 2 aromatic heterocycles. The van der Waals surface area contributed by atoms with Crippen molar-refractivity contribution in [1.82, 2.24) is 19.8 Å². The molecule has 0 aliphatic carbocycles. The van der Waals surface area contributed by atoms with E-state index in [0.717, 1.165) is 41.5 Å². The van der Waals surface area contributed by atoms with Crippen molar-refractivity contribution >= 4 is 23.1 Å². The van der Waals surface area contributed by atoms with Gasteiger partial charge in [0.05, 0.1) is 0 Å². The fraction of sp³-hybridized carbons (Fsp3) is 0.400. The van der Waals surface area contributed by atoms with E-state index in [1.54, 1.807) is 4.52 Å². The summed E-state index contributed by atoms with van der Waals surface area (Å²) in [6.45, 7) is 7.71. The number of hydrogen-bond acceptors (Lipinski definition) is 5. The second-order valence-electron chi connectivity index (χ2n) is 7.93. The summed E-state index contributed by atoms with van der Waals surface area (Å²) in [5.74, 6) is 1.79. The maximum atomic E-state index is 12.0. The van der Waals surface area contributed by atoms with Gasteiger partial charge >= 0.3 is 0 Å². The zero-order valence-electron chi connectivity index (χ0n) is 15.9. The fourth-order valence-electron chi connectivity index (χ4n) is 3.30. The topological polar surface area (TPSA) is 75.4 Å². The van der Waals surface area contributed by atoms with Crippen LogP contribution in [0.15, 0.2) is 36.4 Å². The van der Waals surface area contributed by atoms with Crippen LogP contribution in [0.1, 0.15) is 45.0 Å². The van der Waals surface area contributed by atoms with Crippen molar-refractivity contribution in [2.24, 2.45) is 0 Å². The van der Waals surface area contributed by atoms with E-state index < -0.39 is 0 Å². The minimum atomic E-state index is -0.137. The van der Waals surface area contributed by atoms with Gasteiger partial charge in [-0.25, -0.2) is 0 Å². The molecule has 1 saturated heterocycles. The predicted molar refractivity (Wildman–Crippen MR) is 105 cm³/mol. The van der Waals surface area contributed by atoms with Crippen LogP contribution in [-0.4, -0.2) is 32.3 Å². The number of carbonyl (C=O) groups is 1. The molecule has 1 N–H and O–H groups in total. The van der Waals surface area contributed by atoms with Gasteiger partial charge in [0.1, 0.15) is 5.82 Å². The highest BCUT2D eigenvalue weighted by molar-refractivity contribution is 5.95. The van der Waals surface area contributed by atoms with Crippen LogP contribution >= 0.6 is 0 Å². The average molecular weight is 364 g/mol. The summed E-state index contributed by atoms with van der Waals surface area (Å²) in [5, 5.41) is 16.5. The number of rotatable bonds is 4. The van der Waals surface area contributed by atoms with Crippen molar-refractivity contribution in [3.05, 3.63) is 47.8 Å². The van der Waals surface area contributed by atoms with Gasteiger partial charge in [0.15, 0.2) is 11.5 Å². The highest BCUT2D eigenvalue weighted by Crippen LogP contribution is 2.23. The zero-order valence-corrected chi connectivity index (χ0v) is 15.9. The summed E-state index contributed by atoms with van der Waals surface area (Å²) in [6, 6.07) is 11.9. The lowest BCUT2D eigenvalue weighted by atomic mass is 9.96. The van der Waals surface area contributed by atoms with E-state index >= 15 is 0 Å². The van der Waals surface area contributed by atoms with Crippen LogP contribution in [0.5, 0.6) is 0 Å². The summed E-state index contributed by atoms with van der Waals surface area (Å²) in [6.07, 6.45) is 1.57. The number of nitrogens with one attached hydrogen (secondary N) is 1. The molecule has 7 nitrogen and oxygen atoms in total. The molecule has 0 atom stereocenters. The van der Waals surface area contributed by atoms with Gasteiger partial charge < -0.3 is 10.2 Å². The maximum absolute atomic E-state index is 12.0. The van der Waals surface area contributed by atoms with Gasteiger partial charge in [0.2, 0.25) is 5.91 Å². The van der Waals surface area contributed by atoms with E-state index in [4.69, 9.17) is 0 Å². The van der Waals surface area contributed by atoms with Crippen LogP contribution in [0.2, 0.25) is 0 Å². The quantitative estimate of drug-likeness (QED) is 0.770. The Kier molecular flexibility index (Phi) is 4.30. The Morgan fingerprint density at radius 2 is 2.00 bits per heavy atom. The molecule has 0 radical (unpaired) electrons. The second-order valence-corrected chi connectivity index (χ2v) is 7.93. The smallest absolute Gasteiger partial charge is 0.227 e. The SMILES string of the molecule is CC(C)(C)c1nnc2ccc(NCc3cccc(N4CCCC4=O)c3)nn12. The summed E-state index contributed by atoms with van der Waals surface area (Å²) >= 11 is 0. The van der Waals surface area contributed by atoms with Crippen molar-refractivity contribution in [3.8, 4) is 0 Å². The molecule has 1 aromatic carbocycles. The lowest BCUT2D eigenvalue weighted by molar-refractivity contribution is -0.117. The van der Waals surface area contributed by atoms with Crippen molar-refractivity contribution in [2.45, 2.75) is 45.6 Å². The number of hydrogen-bond donors (Lipinski definition) is 1. The Morgan fingerprint density at radius 1 is 1.15 bits per heavy atom. The molecular formula is C20H24N6O. The molecule has 0 bridgehead atoms. The number of amides is 1. The summed E-state index contributed by atoms with van der Waals surface area (Å²) in [5.41, 5.74) is 2.67. The molecule has 1 fully saturated rings. The molecule has 3 heterocycles. The number of carbonyl (C=O) groups excluding carboxylic acids is 1. The van der Waals surface area contributed by atoms with E-state index in [2.05, 4.69) is 53.5 Å². The minimum absolute atomic E-state index is 0.137. The van der Waals surface area contributed by atoms with Gasteiger partial charge in [-0.1, -0.05) is 32.9 Å². The highest BCUT2D eigenvalue weighted by atomic mass is 16.2. The number of aromatic nitrogens is 4. The van der Waals surface area contributed by atoms with Crippen molar-refractivity contribution in [3.63, 3.8) is 0 Å². The third-order valence-electron chi connectivity index (χ3n) is 4.70. The van der Waals surface area contributed by atoms with E-state index in [9.17, 15) is 4.79 Å². The van der Waals surface area contributed by atoms with E-state index in [0.29, 0.717) is 13.0 Å². The lowest BCUT2D eigenvalue weighted by Gasteiger charge is -2.17. The Hall–Kier alpha value is -2.96. The zero-order chi connectivity index (χ0) is 19.0. The van der Waals surface area contributed by atoms with E-state index in [1.807, 2.05) is 29.2 Å². The maximum Gasteiger partial charge on any atom is 0.227 e. The van der Waals surface area contributed by atoms with Crippen molar-refractivity contribution < 1.29 is 4.79 Å². The molecular weight excluding hydrogens is 340 g/mol. The van der Waals surface area contributed by atoms with Gasteiger partial charge in [-0.15, -0.1) is 15.3 Å². The Labute approximate surface area is 158 Å². The minimum Gasteiger partial charge on any atom is -0.365 e. The van der Waals surface area contributed by atoms with Gasteiger partial charge in [0, 0.05) is 30.6 Å². The van der Waals surface area contributed by atoms with Crippen molar-refractivity contribution in [1.29, 1.82) is 0 Å². The molecule has 0 unspecified atom stereocenters. The van der Waals surface area contributed by atoms with Crippen LogP contribution in [0.4, 0.5) is 11.5 Å². The normalized spacial score (nSPS) is 14.9. The van der Waals surface area contributed by atoms with Crippen LogP contribution < -0.4 is 10.2 Å². The van der Waals surface area contributed by atoms with Crippen molar-refractivity contribution in [2.75, 3.05) is 16.8 Å². The van der Waals surface area contributed by atoms with Gasteiger partial charge in [-0.05, 0) is 36.2 Å². The first kappa shape index (κ1) is 17.5. The number of benzene rings is 1. The molecule has 3 aromatic rings. The molecule has 7 heteroatoms. The monoisotopic (exact) mass is 364 g/mol. The molecule has 1 aliphatic rings. The van der Waals surface area contributed by atoms with Crippen LogP contribution in [0.3, 0.4) is 0 Å². The molecule has 27 heavy (non-hydrogen) atoms. The highest BCUT2D eigenvalue weighted by Gasteiger charge is 2.22. The van der Waals surface area contributed by atoms with Crippen LogP contribution in [0.25, 0.3) is 5.65 Å². The molecule has 0 spiro atoms. The van der Waals surface area contributed by atoms with Crippen LogP contribution in [0, 0.1) is 0 Å². The Bertz CT molecular complexity index is 988.